The molecule has 1 fully saturated rings. The second-order valence-electron chi connectivity index (χ2n) is 6.67. The van der Waals surface area contributed by atoms with E-state index in [2.05, 4.69) is 28.4 Å². The average molecular weight is 355 g/mol. The molecule has 1 N–H and O–H groups in total. The molecule has 0 spiro atoms. The fourth-order valence-corrected chi connectivity index (χ4v) is 3.31. The molecule has 0 aliphatic carbocycles. The minimum Gasteiger partial charge on any atom is -0.341 e. The lowest BCUT2D eigenvalue weighted by molar-refractivity contribution is 0.568. The summed E-state index contributed by atoms with van der Waals surface area (Å²) in [7, 11) is 0. The molecule has 1 aliphatic rings. The van der Waals surface area contributed by atoms with Gasteiger partial charge >= 0.3 is 0 Å². The van der Waals surface area contributed by atoms with Crippen molar-refractivity contribution in [2.75, 3.05) is 23.3 Å². The van der Waals surface area contributed by atoms with Crippen LogP contribution in [0, 0.1) is 11.3 Å². The maximum absolute atomic E-state index is 9.13. The molecule has 5 nitrogen and oxygen atoms in total. The third-order valence-electron chi connectivity index (χ3n) is 4.69. The molecule has 0 saturated carbocycles. The van der Waals surface area contributed by atoms with Crippen LogP contribution in [0.25, 0.3) is 11.3 Å². The van der Waals surface area contributed by atoms with Gasteiger partial charge in [0.05, 0.1) is 17.3 Å². The molecule has 0 radical (unpaired) electrons. The first-order valence-corrected chi connectivity index (χ1v) is 9.28. The second-order valence-corrected chi connectivity index (χ2v) is 6.67. The minimum atomic E-state index is 0.619. The van der Waals surface area contributed by atoms with Crippen molar-refractivity contribution in [2.45, 2.75) is 19.3 Å². The predicted octanol–water partition coefficient (Wildman–Crippen LogP) is 4.75. The van der Waals surface area contributed by atoms with Crippen LogP contribution >= 0.6 is 0 Å². The molecule has 0 atom stereocenters. The zero-order valence-corrected chi connectivity index (χ0v) is 15.1. The van der Waals surface area contributed by atoms with E-state index in [4.69, 9.17) is 15.2 Å². The van der Waals surface area contributed by atoms with Crippen molar-refractivity contribution in [1.29, 1.82) is 5.26 Å². The Bertz CT molecular complexity index is 956. The van der Waals surface area contributed by atoms with E-state index in [0.717, 1.165) is 41.8 Å². The number of nitrogens with zero attached hydrogens (tertiary/aromatic N) is 4. The number of nitrogens with one attached hydrogen (secondary N) is 1. The highest BCUT2D eigenvalue weighted by molar-refractivity contribution is 5.68. The number of hydrogen-bond acceptors (Lipinski definition) is 5. The van der Waals surface area contributed by atoms with Crippen molar-refractivity contribution in [3.63, 3.8) is 0 Å². The van der Waals surface area contributed by atoms with Crippen LogP contribution < -0.4 is 10.2 Å². The van der Waals surface area contributed by atoms with Crippen molar-refractivity contribution in [3.8, 4) is 17.3 Å². The Morgan fingerprint density at radius 1 is 0.889 bits per heavy atom. The van der Waals surface area contributed by atoms with E-state index < -0.39 is 0 Å². The number of aromatic nitrogens is 2. The first-order chi connectivity index (χ1) is 13.3. The molecule has 0 amide bonds. The molecule has 1 aliphatic heterocycles. The summed E-state index contributed by atoms with van der Waals surface area (Å²) in [5, 5.41) is 12.5. The Hall–Kier alpha value is -3.39. The van der Waals surface area contributed by atoms with E-state index in [0.29, 0.717) is 5.56 Å². The maximum Gasteiger partial charge on any atom is 0.227 e. The molecule has 2 aromatic carbocycles. The van der Waals surface area contributed by atoms with E-state index in [9.17, 15) is 0 Å². The van der Waals surface area contributed by atoms with Crippen LogP contribution in [0.2, 0.25) is 0 Å². The largest absolute Gasteiger partial charge is 0.341 e. The predicted molar refractivity (Wildman–Crippen MR) is 108 cm³/mol. The zero-order chi connectivity index (χ0) is 18.5. The Morgan fingerprint density at radius 3 is 2.48 bits per heavy atom. The standard InChI is InChI=1S/C22H21N5/c23-16-17-8-7-11-19(14-17)24-21-15-20(18-9-3-1-4-10-18)25-22(26-21)27-12-5-2-6-13-27/h1,3-4,7-11,14-15H,2,5-6,12-13H2,(H,24,25,26). The van der Waals surface area contributed by atoms with Gasteiger partial charge in [-0.1, -0.05) is 36.4 Å². The van der Waals surface area contributed by atoms with Crippen LogP contribution in [-0.2, 0) is 0 Å². The van der Waals surface area contributed by atoms with Gasteiger partial charge < -0.3 is 10.2 Å². The maximum atomic E-state index is 9.13. The van der Waals surface area contributed by atoms with Gasteiger partial charge in [-0.2, -0.15) is 10.2 Å². The minimum absolute atomic E-state index is 0.619. The average Bonchev–Trinajstić information content (AvgIpc) is 2.75. The third-order valence-corrected chi connectivity index (χ3v) is 4.69. The molecule has 0 unspecified atom stereocenters. The zero-order valence-electron chi connectivity index (χ0n) is 15.1. The molecule has 1 aromatic heterocycles. The quantitative estimate of drug-likeness (QED) is 0.732. The molecule has 2 heterocycles. The van der Waals surface area contributed by atoms with Crippen LogP contribution in [-0.4, -0.2) is 23.1 Å². The van der Waals surface area contributed by atoms with Crippen LogP contribution in [0.3, 0.4) is 0 Å². The summed E-state index contributed by atoms with van der Waals surface area (Å²) < 4.78 is 0. The van der Waals surface area contributed by atoms with Crippen LogP contribution in [0.5, 0.6) is 0 Å². The van der Waals surface area contributed by atoms with Crippen LogP contribution in [0.4, 0.5) is 17.5 Å². The van der Waals surface area contributed by atoms with E-state index >= 15 is 0 Å². The van der Waals surface area contributed by atoms with Gasteiger partial charge in [-0.25, -0.2) is 4.98 Å². The highest BCUT2D eigenvalue weighted by Gasteiger charge is 2.16. The number of benzene rings is 2. The van der Waals surface area contributed by atoms with Gasteiger partial charge in [0.2, 0.25) is 5.95 Å². The number of hydrogen-bond donors (Lipinski definition) is 1. The molecule has 134 valence electrons. The summed E-state index contributed by atoms with van der Waals surface area (Å²) in [6, 6.07) is 21.7. The van der Waals surface area contributed by atoms with Crippen molar-refractivity contribution in [3.05, 3.63) is 66.2 Å². The van der Waals surface area contributed by atoms with Gasteiger partial charge in [0.15, 0.2) is 0 Å². The Morgan fingerprint density at radius 2 is 1.70 bits per heavy atom. The second kappa shape index (κ2) is 7.88. The topological polar surface area (TPSA) is 64.8 Å². The van der Waals surface area contributed by atoms with E-state index in [1.807, 2.05) is 42.5 Å². The van der Waals surface area contributed by atoms with Gasteiger partial charge in [-0.05, 0) is 37.5 Å². The lowest BCUT2D eigenvalue weighted by Gasteiger charge is -2.27. The van der Waals surface area contributed by atoms with Crippen LogP contribution in [0.15, 0.2) is 60.7 Å². The van der Waals surface area contributed by atoms with Gasteiger partial charge in [0.1, 0.15) is 5.82 Å². The van der Waals surface area contributed by atoms with Gasteiger partial charge in [0, 0.05) is 30.4 Å². The lowest BCUT2D eigenvalue weighted by atomic mass is 10.1. The Kier molecular flexibility index (Phi) is 4.97. The van der Waals surface area contributed by atoms with Gasteiger partial charge in [0.25, 0.3) is 0 Å². The fraction of sp³-hybridized carbons (Fsp3) is 0.227. The lowest BCUT2D eigenvalue weighted by Crippen LogP contribution is -2.31. The number of rotatable bonds is 4. The molecule has 27 heavy (non-hydrogen) atoms. The third kappa shape index (κ3) is 4.06. The summed E-state index contributed by atoms with van der Waals surface area (Å²) in [6.45, 7) is 1.98. The summed E-state index contributed by atoms with van der Waals surface area (Å²) in [4.78, 5) is 11.8. The first-order valence-electron chi connectivity index (χ1n) is 9.28. The molecule has 1 saturated heterocycles. The van der Waals surface area contributed by atoms with E-state index in [1.165, 1.54) is 19.3 Å². The first kappa shape index (κ1) is 17.0. The summed E-state index contributed by atoms with van der Waals surface area (Å²) in [6.07, 6.45) is 3.61. The van der Waals surface area contributed by atoms with E-state index in [1.54, 1.807) is 6.07 Å². The summed E-state index contributed by atoms with van der Waals surface area (Å²) >= 11 is 0. The van der Waals surface area contributed by atoms with Gasteiger partial charge in [-0.3, -0.25) is 0 Å². The Labute approximate surface area is 159 Å². The molecular formula is C22H21N5. The molecule has 4 rings (SSSR count). The smallest absolute Gasteiger partial charge is 0.227 e. The molecular weight excluding hydrogens is 334 g/mol. The van der Waals surface area contributed by atoms with Crippen molar-refractivity contribution >= 4 is 17.5 Å². The highest BCUT2D eigenvalue weighted by atomic mass is 15.3. The molecule has 5 heteroatoms. The number of nitriles is 1. The van der Waals surface area contributed by atoms with Crippen molar-refractivity contribution in [1.82, 2.24) is 9.97 Å². The normalized spacial score (nSPS) is 13.8. The summed E-state index contributed by atoms with van der Waals surface area (Å²) in [5.74, 6) is 1.49. The number of piperidine rings is 1. The number of anilines is 3. The summed E-state index contributed by atoms with van der Waals surface area (Å²) in [5.41, 5.74) is 3.42. The SMILES string of the molecule is N#Cc1cccc(Nc2cc(-c3ccccc3)nc(N3CCCCC3)n2)c1. The van der Waals surface area contributed by atoms with Crippen LogP contribution in [0.1, 0.15) is 24.8 Å². The van der Waals surface area contributed by atoms with Crippen molar-refractivity contribution < 1.29 is 0 Å². The monoisotopic (exact) mass is 355 g/mol. The van der Waals surface area contributed by atoms with Gasteiger partial charge in [-0.15, -0.1) is 0 Å². The molecule has 3 aromatic rings. The van der Waals surface area contributed by atoms with E-state index in [-0.39, 0.29) is 0 Å². The Balaban J connectivity index is 1.72. The molecule has 0 bridgehead atoms. The highest BCUT2D eigenvalue weighted by Crippen LogP contribution is 2.26. The fourth-order valence-electron chi connectivity index (χ4n) is 3.31. The van der Waals surface area contributed by atoms with Crippen molar-refractivity contribution in [2.24, 2.45) is 0 Å².